The van der Waals surface area contributed by atoms with Gasteiger partial charge in [0.25, 0.3) is 0 Å². The van der Waals surface area contributed by atoms with Crippen LogP contribution < -0.4 is 5.32 Å². The fourth-order valence-corrected chi connectivity index (χ4v) is 1.60. The summed E-state index contributed by atoms with van der Waals surface area (Å²) in [7, 11) is 2.02. The minimum atomic E-state index is 0.551. The topological polar surface area (TPSA) is 30.5 Å². The molecule has 1 aliphatic carbocycles. The summed E-state index contributed by atoms with van der Waals surface area (Å²) in [4.78, 5) is 0. The van der Waals surface area contributed by atoms with E-state index in [-0.39, 0.29) is 0 Å². The molecular weight excluding hydrogens is 190 g/mol. The van der Waals surface area contributed by atoms with Gasteiger partial charge in [0.15, 0.2) is 0 Å². The summed E-state index contributed by atoms with van der Waals surface area (Å²) < 4.78 is 11.0. The first-order valence-corrected chi connectivity index (χ1v) is 6.06. The van der Waals surface area contributed by atoms with Gasteiger partial charge < -0.3 is 14.8 Å². The van der Waals surface area contributed by atoms with E-state index in [1.54, 1.807) is 0 Å². The lowest BCUT2D eigenvalue weighted by Crippen LogP contribution is -2.32. The molecule has 1 N–H and O–H groups in total. The van der Waals surface area contributed by atoms with E-state index in [2.05, 4.69) is 19.2 Å². The van der Waals surface area contributed by atoms with Gasteiger partial charge in [0, 0.05) is 12.6 Å². The van der Waals surface area contributed by atoms with Crippen LogP contribution in [0.5, 0.6) is 0 Å². The molecule has 0 aliphatic heterocycles. The largest absolute Gasteiger partial charge is 0.379 e. The molecule has 15 heavy (non-hydrogen) atoms. The molecule has 0 spiro atoms. The standard InChI is InChI=1S/C12H25NO2/c1-10(2)8-14-6-7-15-9-12(13-3)11-4-5-11/h10-13H,4-9H2,1-3H3. The highest BCUT2D eigenvalue weighted by molar-refractivity contribution is 4.85. The van der Waals surface area contributed by atoms with Crippen LogP contribution in [0.3, 0.4) is 0 Å². The molecule has 0 heterocycles. The fourth-order valence-electron chi connectivity index (χ4n) is 1.60. The van der Waals surface area contributed by atoms with E-state index in [9.17, 15) is 0 Å². The Kier molecular flexibility index (Phi) is 6.22. The minimum Gasteiger partial charge on any atom is -0.379 e. The Hall–Kier alpha value is -0.120. The minimum absolute atomic E-state index is 0.551. The van der Waals surface area contributed by atoms with Gasteiger partial charge in [-0.3, -0.25) is 0 Å². The Morgan fingerprint density at radius 1 is 1.13 bits per heavy atom. The first-order chi connectivity index (χ1) is 7.24. The molecule has 0 aromatic heterocycles. The molecule has 0 saturated heterocycles. The highest BCUT2D eigenvalue weighted by Gasteiger charge is 2.29. The summed E-state index contributed by atoms with van der Waals surface area (Å²) in [6.45, 7) is 7.42. The van der Waals surface area contributed by atoms with Crippen molar-refractivity contribution in [2.45, 2.75) is 32.7 Å². The zero-order valence-electron chi connectivity index (χ0n) is 10.3. The number of hydrogen-bond acceptors (Lipinski definition) is 3. The third kappa shape index (κ3) is 6.13. The summed E-state index contributed by atoms with van der Waals surface area (Å²) in [6, 6.07) is 0.551. The predicted octanol–water partition coefficient (Wildman–Crippen LogP) is 1.67. The highest BCUT2D eigenvalue weighted by atomic mass is 16.5. The van der Waals surface area contributed by atoms with E-state index in [1.807, 2.05) is 7.05 Å². The van der Waals surface area contributed by atoms with Crippen molar-refractivity contribution in [1.29, 1.82) is 0 Å². The van der Waals surface area contributed by atoms with Crippen LogP contribution in [0.15, 0.2) is 0 Å². The Labute approximate surface area is 93.5 Å². The van der Waals surface area contributed by atoms with Gasteiger partial charge in [-0.25, -0.2) is 0 Å². The van der Waals surface area contributed by atoms with Crippen LogP contribution in [0.1, 0.15) is 26.7 Å². The summed E-state index contributed by atoms with van der Waals surface area (Å²) >= 11 is 0. The Morgan fingerprint density at radius 3 is 2.20 bits per heavy atom. The van der Waals surface area contributed by atoms with Crippen LogP contribution in [-0.4, -0.2) is 39.5 Å². The van der Waals surface area contributed by atoms with Gasteiger partial charge in [0.05, 0.1) is 19.8 Å². The molecule has 1 saturated carbocycles. The molecule has 3 nitrogen and oxygen atoms in total. The average molecular weight is 215 g/mol. The molecule has 0 bridgehead atoms. The predicted molar refractivity (Wildman–Crippen MR) is 62.0 cm³/mol. The average Bonchev–Trinajstić information content (AvgIpc) is 3.00. The SMILES string of the molecule is CNC(COCCOCC(C)C)C1CC1. The van der Waals surface area contributed by atoms with E-state index in [0.717, 1.165) is 32.3 Å². The summed E-state index contributed by atoms with van der Waals surface area (Å²) in [5.41, 5.74) is 0. The molecule has 0 radical (unpaired) electrons. The van der Waals surface area contributed by atoms with Crippen molar-refractivity contribution in [3.63, 3.8) is 0 Å². The number of nitrogens with one attached hydrogen (secondary N) is 1. The quantitative estimate of drug-likeness (QED) is 0.594. The molecule has 1 atom stereocenters. The van der Waals surface area contributed by atoms with Gasteiger partial charge >= 0.3 is 0 Å². The van der Waals surface area contributed by atoms with Crippen LogP contribution in [0, 0.1) is 11.8 Å². The van der Waals surface area contributed by atoms with Crippen molar-refractivity contribution >= 4 is 0 Å². The highest BCUT2D eigenvalue weighted by Crippen LogP contribution is 2.32. The molecule has 1 rings (SSSR count). The number of likely N-dealkylation sites (N-methyl/N-ethyl adjacent to an activating group) is 1. The maximum Gasteiger partial charge on any atom is 0.0701 e. The van der Waals surface area contributed by atoms with Crippen LogP contribution in [-0.2, 0) is 9.47 Å². The third-order valence-electron chi connectivity index (χ3n) is 2.68. The van der Waals surface area contributed by atoms with Gasteiger partial charge in [0.2, 0.25) is 0 Å². The molecule has 1 unspecified atom stereocenters. The molecular formula is C12H25NO2. The first-order valence-electron chi connectivity index (χ1n) is 6.06. The van der Waals surface area contributed by atoms with Crippen LogP contribution in [0.4, 0.5) is 0 Å². The Morgan fingerprint density at radius 2 is 1.73 bits per heavy atom. The van der Waals surface area contributed by atoms with Crippen LogP contribution in [0.2, 0.25) is 0 Å². The van der Waals surface area contributed by atoms with Gasteiger partial charge in [-0.05, 0) is 31.7 Å². The normalized spacial score (nSPS) is 18.4. The molecule has 90 valence electrons. The molecule has 1 fully saturated rings. The smallest absolute Gasteiger partial charge is 0.0701 e. The molecule has 1 aliphatic rings. The summed E-state index contributed by atoms with van der Waals surface area (Å²) in [5.74, 6) is 1.47. The number of ether oxygens (including phenoxy) is 2. The van der Waals surface area contributed by atoms with E-state index in [4.69, 9.17) is 9.47 Å². The lowest BCUT2D eigenvalue weighted by atomic mass is 10.2. The van der Waals surface area contributed by atoms with E-state index >= 15 is 0 Å². The van der Waals surface area contributed by atoms with Gasteiger partial charge in [0.1, 0.15) is 0 Å². The van der Waals surface area contributed by atoms with Crippen molar-refractivity contribution in [3.05, 3.63) is 0 Å². The molecule has 0 amide bonds. The zero-order valence-corrected chi connectivity index (χ0v) is 10.3. The first kappa shape index (κ1) is 12.9. The maximum atomic E-state index is 5.58. The maximum absolute atomic E-state index is 5.58. The molecule has 0 aromatic rings. The summed E-state index contributed by atoms with van der Waals surface area (Å²) in [5, 5.41) is 3.31. The van der Waals surface area contributed by atoms with Crippen LogP contribution in [0.25, 0.3) is 0 Å². The second-order valence-electron chi connectivity index (χ2n) is 4.78. The van der Waals surface area contributed by atoms with E-state index < -0.39 is 0 Å². The monoisotopic (exact) mass is 215 g/mol. The molecule has 3 heteroatoms. The number of rotatable bonds is 9. The second kappa shape index (κ2) is 7.20. The summed E-state index contributed by atoms with van der Waals surface area (Å²) in [6.07, 6.45) is 2.72. The van der Waals surface area contributed by atoms with Crippen molar-refractivity contribution in [2.24, 2.45) is 11.8 Å². The van der Waals surface area contributed by atoms with Crippen molar-refractivity contribution < 1.29 is 9.47 Å². The fraction of sp³-hybridized carbons (Fsp3) is 1.00. The Balaban J connectivity index is 1.87. The lowest BCUT2D eigenvalue weighted by Gasteiger charge is -2.15. The van der Waals surface area contributed by atoms with Crippen molar-refractivity contribution in [1.82, 2.24) is 5.32 Å². The molecule has 0 aromatic carbocycles. The van der Waals surface area contributed by atoms with Crippen LogP contribution >= 0.6 is 0 Å². The van der Waals surface area contributed by atoms with Crippen molar-refractivity contribution in [2.75, 3.05) is 33.5 Å². The number of hydrogen-bond donors (Lipinski definition) is 1. The zero-order chi connectivity index (χ0) is 11.1. The van der Waals surface area contributed by atoms with Gasteiger partial charge in [-0.15, -0.1) is 0 Å². The van der Waals surface area contributed by atoms with Crippen molar-refractivity contribution in [3.8, 4) is 0 Å². The second-order valence-corrected chi connectivity index (χ2v) is 4.78. The van der Waals surface area contributed by atoms with Gasteiger partial charge in [-0.1, -0.05) is 13.8 Å². The van der Waals surface area contributed by atoms with Gasteiger partial charge in [-0.2, -0.15) is 0 Å². The third-order valence-corrected chi connectivity index (χ3v) is 2.68. The van der Waals surface area contributed by atoms with E-state index in [0.29, 0.717) is 12.0 Å². The Bertz CT molecular complexity index is 158. The van der Waals surface area contributed by atoms with E-state index in [1.165, 1.54) is 12.8 Å². The lowest BCUT2D eigenvalue weighted by molar-refractivity contribution is 0.0291.